The molecule has 19 heteroatoms. The summed E-state index contributed by atoms with van der Waals surface area (Å²) in [5.74, 6) is 0. The first-order chi connectivity index (χ1) is 8.34. The Balaban J connectivity index is 8.00. The van der Waals surface area contributed by atoms with Crippen LogP contribution in [0.15, 0.2) is 0 Å². The van der Waals surface area contributed by atoms with Crippen LogP contribution >= 0.6 is 0 Å². The van der Waals surface area contributed by atoms with Crippen molar-refractivity contribution in [2.24, 2.45) is 0 Å². The Bertz CT molecular complexity index is 425. The zero-order valence-electron chi connectivity index (χ0n) is 7.90. The van der Waals surface area contributed by atoms with E-state index in [4.69, 9.17) is 0 Å². The maximum absolute atomic E-state index is 11.0. The standard InChI is InChI=1S/6NO2.Pt/c6*2-1-3;. The molecule has 0 amide bonds. The third kappa shape index (κ3) is 0.793. The molecule has 0 bridgehead atoms. The quantitative estimate of drug-likeness (QED) is 0.312. The Morgan fingerprint density at radius 1 is 0.421 bits per heavy atom. The molecule has 0 saturated carbocycles. The molecule has 0 N–H and O–H groups in total. The summed E-state index contributed by atoms with van der Waals surface area (Å²) < 4.78 is -19.3. The second kappa shape index (κ2) is 3.31. The molecule has 0 fully saturated rings. The summed E-state index contributed by atoms with van der Waals surface area (Å²) in [5, 5.41) is 63.3. The monoisotopic (exact) mass is 471 g/mol. The molecule has 0 aromatic heterocycles. The molecule has 0 aliphatic rings. The number of nitrogens with zero attached hydrogens (tertiary/aromatic N) is 6. The predicted octanol–water partition coefficient (Wildman–Crippen LogP) is -1.64. The Morgan fingerprint density at radius 3 is 0.526 bits per heavy atom. The summed E-state index contributed by atoms with van der Waals surface area (Å²) in [6.07, 6.45) is 0. The van der Waals surface area contributed by atoms with Gasteiger partial charge in [0.15, 0.2) is 0 Å². The zero-order chi connectivity index (χ0) is 15.9. The Morgan fingerprint density at radius 2 is 0.526 bits per heavy atom. The SMILES string of the molecule is O=[N+]([O-])[Pt]([N+](=O)[O-])([N+](=O)[O-])([N+](=O)[O-])([N+](=O)[O-])[N+](=O)[O-]. The van der Waals surface area contributed by atoms with E-state index in [1.807, 2.05) is 0 Å². The van der Waals surface area contributed by atoms with Gasteiger partial charge in [-0.15, -0.1) is 0 Å². The van der Waals surface area contributed by atoms with Crippen molar-refractivity contribution >= 4 is 0 Å². The van der Waals surface area contributed by atoms with Gasteiger partial charge < -0.3 is 0 Å². The van der Waals surface area contributed by atoms with Gasteiger partial charge in [-0.05, 0) is 0 Å². The minimum absolute atomic E-state index is 3.21. The van der Waals surface area contributed by atoms with Crippen LogP contribution in [-0.4, -0.2) is 20.9 Å². The van der Waals surface area contributed by atoms with E-state index in [2.05, 4.69) is 0 Å². The molecule has 0 rings (SSSR count). The van der Waals surface area contributed by atoms with Crippen molar-refractivity contribution in [1.29, 1.82) is 0 Å². The first kappa shape index (κ1) is 16.1. The number of nitro groups is 6. The molecule has 0 aromatic rings. The molecule has 0 aliphatic carbocycles. The van der Waals surface area contributed by atoms with Crippen LogP contribution < -0.4 is 0 Å². The Labute approximate surface area is 97.3 Å². The summed E-state index contributed by atoms with van der Waals surface area (Å²) in [4.78, 5) is 63.3. The van der Waals surface area contributed by atoms with Crippen molar-refractivity contribution in [3.63, 3.8) is 0 Å². The molecule has 0 spiro atoms. The third-order valence-corrected chi connectivity index (χ3v) is 12.7. The van der Waals surface area contributed by atoms with Crippen LogP contribution in [0.5, 0.6) is 0 Å². The molecule has 0 heterocycles. The second-order valence-corrected chi connectivity index (χ2v) is 13.9. The average molecular weight is 471 g/mol. The summed E-state index contributed by atoms with van der Waals surface area (Å²) >= 11 is -11.0. The van der Waals surface area contributed by atoms with Crippen LogP contribution in [0.3, 0.4) is 0 Å². The van der Waals surface area contributed by atoms with E-state index < -0.39 is 36.0 Å². The number of hydrogen-bond donors (Lipinski definition) is 0. The summed E-state index contributed by atoms with van der Waals surface area (Å²) in [5.41, 5.74) is 0. The Kier molecular flexibility index (Phi) is 2.80. The topological polar surface area (TPSA) is 259 Å². The Hall–Kier alpha value is -2.91. The fourth-order valence-electron chi connectivity index (χ4n) is 0.632. The number of hydrogen-bond acceptors (Lipinski definition) is 12. The van der Waals surface area contributed by atoms with Gasteiger partial charge in [-0.25, -0.2) is 0 Å². The van der Waals surface area contributed by atoms with Gasteiger partial charge in [0, 0.05) is 0 Å². The zero-order valence-corrected chi connectivity index (χ0v) is 10.2. The molecule has 0 radical (unpaired) electrons. The van der Waals surface area contributed by atoms with Crippen LogP contribution in [-0.2, 0) is 15.1 Å². The van der Waals surface area contributed by atoms with E-state index in [0.717, 1.165) is 0 Å². The maximum atomic E-state index is 10.6. The van der Waals surface area contributed by atoms with Crippen molar-refractivity contribution in [3.8, 4) is 0 Å². The third-order valence-electron chi connectivity index (χ3n) is 1.55. The van der Waals surface area contributed by atoms with Gasteiger partial charge in [-0.1, -0.05) is 0 Å². The molecular weight excluding hydrogens is 471 g/mol. The van der Waals surface area contributed by atoms with Gasteiger partial charge in [0.2, 0.25) is 0 Å². The van der Waals surface area contributed by atoms with E-state index in [1.165, 1.54) is 0 Å². The molecule has 112 valence electrons. The summed E-state index contributed by atoms with van der Waals surface area (Å²) in [6, 6.07) is 0. The van der Waals surface area contributed by atoms with Crippen LogP contribution in [0.25, 0.3) is 0 Å². The molecule has 0 atom stereocenters. The van der Waals surface area contributed by atoms with Crippen molar-refractivity contribution < 1.29 is 36.0 Å². The van der Waals surface area contributed by atoms with E-state index >= 15 is 0 Å². The fourth-order valence-corrected chi connectivity index (χ4v) is 5.18. The molecule has 19 heavy (non-hydrogen) atoms. The van der Waals surface area contributed by atoms with Gasteiger partial charge >= 0.3 is 96.6 Å². The van der Waals surface area contributed by atoms with E-state index in [9.17, 15) is 60.7 Å². The molecule has 0 saturated heterocycles. The number of rotatable bonds is 6. The molecular formula is N6O12Pt. The molecule has 0 aliphatic heterocycles. The molecule has 0 unspecified atom stereocenters. The van der Waals surface area contributed by atoms with Gasteiger partial charge in [0.25, 0.3) is 0 Å². The van der Waals surface area contributed by atoms with Gasteiger partial charge in [0.05, 0.1) is 0 Å². The van der Waals surface area contributed by atoms with Crippen LogP contribution in [0.1, 0.15) is 0 Å². The first-order valence-electron chi connectivity index (χ1n) is 3.04. The van der Waals surface area contributed by atoms with Crippen LogP contribution in [0.4, 0.5) is 0 Å². The van der Waals surface area contributed by atoms with Crippen LogP contribution in [0, 0.1) is 60.7 Å². The van der Waals surface area contributed by atoms with Gasteiger partial charge in [0.1, 0.15) is 0 Å². The first-order valence-corrected chi connectivity index (χ1v) is 9.14. The summed E-state index contributed by atoms with van der Waals surface area (Å²) in [6.45, 7) is 0. The molecule has 18 nitrogen and oxygen atoms in total. The van der Waals surface area contributed by atoms with Crippen molar-refractivity contribution in [2.45, 2.75) is 0 Å². The van der Waals surface area contributed by atoms with Crippen LogP contribution in [0.2, 0.25) is 0 Å². The van der Waals surface area contributed by atoms with E-state index in [0.29, 0.717) is 0 Å². The van der Waals surface area contributed by atoms with Gasteiger partial charge in [-0.2, -0.15) is 0 Å². The van der Waals surface area contributed by atoms with Crippen molar-refractivity contribution in [1.82, 2.24) is 0 Å². The predicted molar refractivity (Wildman–Crippen MR) is 42.0 cm³/mol. The normalized spacial score (nSPS) is 14.5. The fraction of sp³-hybridized carbons (Fsp3) is 0. The second-order valence-electron chi connectivity index (χ2n) is 2.09. The van der Waals surface area contributed by atoms with Crippen molar-refractivity contribution in [2.75, 3.05) is 0 Å². The van der Waals surface area contributed by atoms with E-state index in [-0.39, 0.29) is 0 Å². The molecule has 0 aromatic carbocycles. The average Bonchev–Trinajstić information content (AvgIpc) is 2.15. The minimum atomic E-state index is -11.0. The summed E-state index contributed by atoms with van der Waals surface area (Å²) in [7, 11) is 0. The van der Waals surface area contributed by atoms with Crippen molar-refractivity contribution in [3.05, 3.63) is 60.7 Å². The van der Waals surface area contributed by atoms with E-state index in [1.54, 1.807) is 0 Å². The van der Waals surface area contributed by atoms with Gasteiger partial charge in [-0.3, -0.25) is 0 Å².